The van der Waals surface area contributed by atoms with Gasteiger partial charge in [-0.05, 0) is 29.5 Å². The van der Waals surface area contributed by atoms with E-state index in [2.05, 4.69) is 41.5 Å². The normalized spacial score (nSPS) is 36.3. The Balaban J connectivity index is 1.98. The van der Waals surface area contributed by atoms with Crippen LogP contribution in [0.1, 0.15) is 60.8 Å². The number of esters is 1. The van der Waals surface area contributed by atoms with E-state index in [-0.39, 0.29) is 18.1 Å². The molecule has 27 heavy (non-hydrogen) atoms. The van der Waals surface area contributed by atoms with Gasteiger partial charge in [0.2, 0.25) is 14.1 Å². The van der Waals surface area contributed by atoms with Crippen LogP contribution in [0.4, 0.5) is 0 Å². The molecule has 0 aromatic heterocycles. The summed E-state index contributed by atoms with van der Waals surface area (Å²) >= 11 is 0. The van der Waals surface area contributed by atoms with Gasteiger partial charge in [-0.3, -0.25) is 9.63 Å². The van der Waals surface area contributed by atoms with Gasteiger partial charge in [0.05, 0.1) is 19.3 Å². The quantitative estimate of drug-likeness (QED) is 0.479. The molecule has 3 rings (SSSR count). The molecule has 0 aromatic carbocycles. The van der Waals surface area contributed by atoms with Crippen molar-refractivity contribution in [2.45, 2.75) is 95.4 Å². The van der Waals surface area contributed by atoms with Gasteiger partial charge in [0, 0.05) is 20.1 Å². The number of hydroxylamine groups is 2. The van der Waals surface area contributed by atoms with Gasteiger partial charge in [-0.1, -0.05) is 41.5 Å². The van der Waals surface area contributed by atoms with E-state index in [1.165, 1.54) is 7.11 Å². The number of carbonyl (C=O) groups is 1. The molecule has 2 unspecified atom stereocenters. The minimum Gasteiger partial charge on any atom is -0.468 e. The van der Waals surface area contributed by atoms with Crippen molar-refractivity contribution < 1.29 is 23.5 Å². The van der Waals surface area contributed by atoms with Crippen LogP contribution in [0.5, 0.6) is 0 Å². The third-order valence-electron chi connectivity index (χ3n) is 7.54. The van der Waals surface area contributed by atoms with Gasteiger partial charge in [-0.15, -0.1) is 0 Å². The van der Waals surface area contributed by atoms with Crippen LogP contribution in [-0.2, 0) is 23.5 Å². The molecule has 1 aliphatic carbocycles. The lowest BCUT2D eigenvalue weighted by molar-refractivity contribution is -0.344. The lowest BCUT2D eigenvalue weighted by Crippen LogP contribution is -2.66. The van der Waals surface area contributed by atoms with Crippen molar-refractivity contribution in [2.75, 3.05) is 20.8 Å². The van der Waals surface area contributed by atoms with Crippen LogP contribution in [0.15, 0.2) is 0 Å². The molecular formula is C20H37NO5Si. The number of fused-ring (bicyclic) bond motifs is 3. The topological polar surface area (TPSA) is 57.2 Å². The molecule has 0 aromatic rings. The molecule has 6 nitrogen and oxygen atoms in total. The van der Waals surface area contributed by atoms with E-state index in [9.17, 15) is 4.79 Å². The Bertz CT molecular complexity index is 557. The molecule has 2 aliphatic heterocycles. The molecule has 0 bridgehead atoms. The molecule has 7 heteroatoms. The summed E-state index contributed by atoms with van der Waals surface area (Å²) in [6.45, 7) is 14.5. The standard InChI is InChI=1S/C20H37NO5Si/c1-13(2)27(14(3)4,15(5)6)25-16-9-12-21-17(16)19(18(22)23-7)10-11-20(19,24-8)26-21/h13-17H,9-12H2,1-8H3/t16-,17-,19?,20?/m0/s1. The molecule has 0 N–H and O–H groups in total. The number of nitrogens with zero attached hydrogens (tertiary/aromatic N) is 1. The molecular weight excluding hydrogens is 362 g/mol. The fourth-order valence-electron chi connectivity index (χ4n) is 6.37. The number of methoxy groups -OCH3 is 2. The Morgan fingerprint density at radius 2 is 1.67 bits per heavy atom. The van der Waals surface area contributed by atoms with E-state index in [1.807, 2.05) is 5.06 Å². The minimum atomic E-state index is -2.07. The Labute approximate surface area is 164 Å². The predicted molar refractivity (Wildman–Crippen MR) is 106 cm³/mol. The average molecular weight is 400 g/mol. The first-order valence-electron chi connectivity index (χ1n) is 10.4. The molecule has 0 amide bonds. The van der Waals surface area contributed by atoms with Gasteiger partial charge in [0.15, 0.2) is 0 Å². The predicted octanol–water partition coefficient (Wildman–Crippen LogP) is 3.86. The summed E-state index contributed by atoms with van der Waals surface area (Å²) in [6, 6.07) is -0.137. The smallest absolute Gasteiger partial charge is 0.319 e. The molecule has 3 fully saturated rings. The van der Waals surface area contributed by atoms with Crippen molar-refractivity contribution in [3.8, 4) is 0 Å². The maximum atomic E-state index is 13.0. The van der Waals surface area contributed by atoms with Crippen molar-refractivity contribution in [2.24, 2.45) is 5.41 Å². The Morgan fingerprint density at radius 3 is 2.07 bits per heavy atom. The minimum absolute atomic E-state index is 0.0275. The molecule has 156 valence electrons. The molecule has 2 saturated heterocycles. The Hall–Kier alpha value is -0.473. The van der Waals surface area contributed by atoms with Crippen LogP contribution in [0.2, 0.25) is 16.6 Å². The van der Waals surface area contributed by atoms with Gasteiger partial charge < -0.3 is 13.9 Å². The van der Waals surface area contributed by atoms with Crippen molar-refractivity contribution in [1.82, 2.24) is 5.06 Å². The van der Waals surface area contributed by atoms with E-state index < -0.39 is 19.5 Å². The molecule has 3 aliphatic rings. The van der Waals surface area contributed by atoms with Gasteiger partial charge in [0.25, 0.3) is 0 Å². The number of hydrogen-bond acceptors (Lipinski definition) is 6. The molecule has 2 heterocycles. The average Bonchev–Trinajstić information content (AvgIpc) is 3.05. The highest BCUT2D eigenvalue weighted by Gasteiger charge is 2.79. The molecule has 4 atom stereocenters. The number of hydrogen-bond donors (Lipinski definition) is 0. The Morgan fingerprint density at radius 1 is 1.07 bits per heavy atom. The lowest BCUT2D eigenvalue weighted by Gasteiger charge is -2.52. The first-order chi connectivity index (χ1) is 12.6. The second-order valence-electron chi connectivity index (χ2n) is 9.36. The third-order valence-corrected chi connectivity index (χ3v) is 13.7. The summed E-state index contributed by atoms with van der Waals surface area (Å²) in [5.74, 6) is -1.13. The van der Waals surface area contributed by atoms with Gasteiger partial charge in [0.1, 0.15) is 5.41 Å². The highest BCUT2D eigenvalue weighted by Crippen LogP contribution is 2.64. The maximum absolute atomic E-state index is 13.0. The van der Waals surface area contributed by atoms with Crippen LogP contribution >= 0.6 is 0 Å². The van der Waals surface area contributed by atoms with E-state index in [0.717, 1.165) is 13.0 Å². The van der Waals surface area contributed by atoms with Crippen LogP contribution in [-0.4, -0.2) is 58.0 Å². The zero-order chi connectivity index (χ0) is 20.2. The van der Waals surface area contributed by atoms with Gasteiger partial charge in [-0.2, -0.15) is 5.06 Å². The fourth-order valence-corrected chi connectivity index (χ4v) is 12.0. The second kappa shape index (κ2) is 7.09. The monoisotopic (exact) mass is 399 g/mol. The number of ether oxygens (including phenoxy) is 2. The fraction of sp³-hybridized carbons (Fsp3) is 0.950. The summed E-state index contributed by atoms with van der Waals surface area (Å²) in [5.41, 5.74) is 0.701. The summed E-state index contributed by atoms with van der Waals surface area (Å²) in [7, 11) is 1.02. The summed E-state index contributed by atoms with van der Waals surface area (Å²) in [4.78, 5) is 19.2. The zero-order valence-corrected chi connectivity index (χ0v) is 19.2. The summed E-state index contributed by atoms with van der Waals surface area (Å²) in [6.07, 6.45) is 2.28. The zero-order valence-electron chi connectivity index (χ0n) is 18.2. The second-order valence-corrected chi connectivity index (χ2v) is 14.8. The first kappa shape index (κ1) is 21.2. The third kappa shape index (κ3) is 2.61. The SMILES string of the molecule is COC(=O)C12CCC1(OC)ON1CC[C@H](O[Si](C(C)C)(C(C)C)C(C)C)[C@H]12. The van der Waals surface area contributed by atoms with Crippen LogP contribution < -0.4 is 0 Å². The van der Waals surface area contributed by atoms with Crippen molar-refractivity contribution in [3.63, 3.8) is 0 Å². The van der Waals surface area contributed by atoms with Gasteiger partial charge >= 0.3 is 5.97 Å². The molecule has 1 saturated carbocycles. The highest BCUT2D eigenvalue weighted by atomic mass is 28.4. The number of carbonyl (C=O) groups excluding carboxylic acids is 1. The summed E-state index contributed by atoms with van der Waals surface area (Å²) in [5, 5.41) is 1.96. The van der Waals surface area contributed by atoms with Gasteiger partial charge in [-0.25, -0.2) is 0 Å². The van der Waals surface area contributed by atoms with Crippen LogP contribution in [0.25, 0.3) is 0 Å². The van der Waals surface area contributed by atoms with E-state index in [0.29, 0.717) is 29.5 Å². The number of rotatable bonds is 7. The van der Waals surface area contributed by atoms with Crippen LogP contribution in [0, 0.1) is 5.41 Å². The van der Waals surface area contributed by atoms with Crippen molar-refractivity contribution >= 4 is 14.3 Å². The maximum Gasteiger partial charge on any atom is 0.319 e. The van der Waals surface area contributed by atoms with E-state index in [1.54, 1.807) is 7.11 Å². The highest BCUT2D eigenvalue weighted by molar-refractivity contribution is 6.77. The Kier molecular flexibility index (Phi) is 5.58. The van der Waals surface area contributed by atoms with Crippen molar-refractivity contribution in [3.05, 3.63) is 0 Å². The first-order valence-corrected chi connectivity index (χ1v) is 12.5. The molecule has 0 radical (unpaired) electrons. The van der Waals surface area contributed by atoms with Crippen LogP contribution in [0.3, 0.4) is 0 Å². The lowest BCUT2D eigenvalue weighted by atomic mass is 9.58. The largest absolute Gasteiger partial charge is 0.468 e. The van der Waals surface area contributed by atoms with E-state index in [4.69, 9.17) is 18.7 Å². The van der Waals surface area contributed by atoms with Crippen molar-refractivity contribution in [1.29, 1.82) is 0 Å². The van der Waals surface area contributed by atoms with E-state index >= 15 is 0 Å². The summed E-state index contributed by atoms with van der Waals surface area (Å²) < 4.78 is 18.1. The molecule has 0 spiro atoms.